The molecule has 1 saturated carbocycles. The lowest BCUT2D eigenvalue weighted by molar-refractivity contribution is -0.137. The molecule has 154 valence electrons. The van der Waals surface area contributed by atoms with E-state index in [1.807, 2.05) is 25.7 Å². The summed E-state index contributed by atoms with van der Waals surface area (Å²) in [5, 5.41) is 2.98. The molecule has 1 aliphatic heterocycles. The molecule has 0 unspecified atom stereocenters. The number of nitrogens with one attached hydrogen (secondary N) is 1. The van der Waals surface area contributed by atoms with Crippen LogP contribution in [0.5, 0.6) is 5.75 Å². The standard InChI is InChI=1S/C23H34N2O3/c1-4-28-20-11-9-18(10-12-20)22(26)24-21(16(2)3)23(27)25-14-13-17-7-5-6-8-19(17)15-25/h9-12,16-17,19,21H,4-8,13-15H2,1-3H3,(H,24,26)/t17-,19+,21+/m1/s1. The number of likely N-dealkylation sites (tertiary alicyclic amines) is 1. The lowest BCUT2D eigenvalue weighted by Gasteiger charge is -2.42. The highest BCUT2D eigenvalue weighted by Crippen LogP contribution is 2.36. The molecule has 5 heteroatoms. The molecule has 1 heterocycles. The van der Waals surface area contributed by atoms with Crippen LogP contribution in [0.1, 0.15) is 63.2 Å². The van der Waals surface area contributed by atoms with Crippen molar-refractivity contribution in [2.24, 2.45) is 17.8 Å². The SMILES string of the molecule is CCOc1ccc(C(=O)N[C@H](C(=O)N2CC[C@H]3CCCC[C@H]3C2)C(C)C)cc1. The molecule has 2 fully saturated rings. The number of nitrogens with zero attached hydrogens (tertiary/aromatic N) is 1. The molecule has 2 aliphatic rings. The molecule has 1 aromatic rings. The predicted molar refractivity (Wildman–Crippen MR) is 110 cm³/mol. The maximum atomic E-state index is 13.2. The number of benzene rings is 1. The van der Waals surface area contributed by atoms with Crippen molar-refractivity contribution in [3.8, 4) is 5.75 Å². The van der Waals surface area contributed by atoms with Gasteiger partial charge in [0.15, 0.2) is 0 Å². The summed E-state index contributed by atoms with van der Waals surface area (Å²) in [5.74, 6) is 2.07. The first-order valence-corrected chi connectivity index (χ1v) is 10.8. The Labute approximate surface area is 168 Å². The fourth-order valence-corrected chi connectivity index (χ4v) is 4.61. The summed E-state index contributed by atoms with van der Waals surface area (Å²) in [6.07, 6.45) is 6.27. The molecule has 0 bridgehead atoms. The van der Waals surface area contributed by atoms with Crippen molar-refractivity contribution in [3.05, 3.63) is 29.8 Å². The van der Waals surface area contributed by atoms with Gasteiger partial charge in [-0.2, -0.15) is 0 Å². The molecule has 0 spiro atoms. The Morgan fingerprint density at radius 2 is 1.79 bits per heavy atom. The van der Waals surface area contributed by atoms with Gasteiger partial charge in [0.05, 0.1) is 6.61 Å². The first-order chi connectivity index (χ1) is 13.5. The summed E-state index contributed by atoms with van der Waals surface area (Å²) in [6, 6.07) is 6.58. The maximum absolute atomic E-state index is 13.2. The number of fused-ring (bicyclic) bond motifs is 1. The molecule has 0 aromatic heterocycles. The van der Waals surface area contributed by atoms with Gasteiger partial charge in [0.25, 0.3) is 5.91 Å². The lowest BCUT2D eigenvalue weighted by Crippen LogP contribution is -2.54. The lowest BCUT2D eigenvalue weighted by atomic mass is 9.75. The summed E-state index contributed by atoms with van der Waals surface area (Å²) in [5.41, 5.74) is 0.549. The molecule has 0 radical (unpaired) electrons. The van der Waals surface area contributed by atoms with Crippen LogP contribution in [-0.2, 0) is 4.79 Å². The van der Waals surface area contributed by atoms with E-state index in [1.54, 1.807) is 24.3 Å². The highest BCUT2D eigenvalue weighted by atomic mass is 16.5. The van der Waals surface area contributed by atoms with E-state index in [-0.39, 0.29) is 17.7 Å². The molecule has 2 amide bonds. The number of ether oxygens (including phenoxy) is 1. The van der Waals surface area contributed by atoms with Crippen LogP contribution in [0.15, 0.2) is 24.3 Å². The zero-order valence-corrected chi connectivity index (χ0v) is 17.4. The van der Waals surface area contributed by atoms with Crippen LogP contribution in [0.2, 0.25) is 0 Å². The molecule has 1 N–H and O–H groups in total. The van der Waals surface area contributed by atoms with E-state index >= 15 is 0 Å². The van der Waals surface area contributed by atoms with Gasteiger partial charge in [-0.25, -0.2) is 0 Å². The zero-order chi connectivity index (χ0) is 20.1. The third-order valence-corrected chi connectivity index (χ3v) is 6.25. The summed E-state index contributed by atoms with van der Waals surface area (Å²) >= 11 is 0. The summed E-state index contributed by atoms with van der Waals surface area (Å²) in [4.78, 5) is 27.9. The van der Waals surface area contributed by atoms with E-state index in [1.165, 1.54) is 25.7 Å². The van der Waals surface area contributed by atoms with Gasteiger partial charge in [-0.1, -0.05) is 33.1 Å². The minimum Gasteiger partial charge on any atom is -0.494 e. The van der Waals surface area contributed by atoms with Crippen LogP contribution in [0.4, 0.5) is 0 Å². The summed E-state index contributed by atoms with van der Waals surface area (Å²) in [7, 11) is 0. The van der Waals surface area contributed by atoms with E-state index in [2.05, 4.69) is 5.32 Å². The number of rotatable bonds is 6. The number of hydrogen-bond donors (Lipinski definition) is 1. The number of carbonyl (C=O) groups is 2. The van der Waals surface area contributed by atoms with E-state index in [0.29, 0.717) is 18.1 Å². The Morgan fingerprint density at radius 3 is 2.43 bits per heavy atom. The molecule has 1 aromatic carbocycles. The first kappa shape index (κ1) is 20.7. The topological polar surface area (TPSA) is 58.6 Å². The quantitative estimate of drug-likeness (QED) is 0.807. The minimum atomic E-state index is -0.487. The van der Waals surface area contributed by atoms with Crippen LogP contribution in [0.25, 0.3) is 0 Å². The third-order valence-electron chi connectivity index (χ3n) is 6.25. The second kappa shape index (κ2) is 9.44. The van der Waals surface area contributed by atoms with Crippen LogP contribution in [0, 0.1) is 17.8 Å². The maximum Gasteiger partial charge on any atom is 0.251 e. The van der Waals surface area contributed by atoms with Crippen LogP contribution in [0.3, 0.4) is 0 Å². The second-order valence-electron chi connectivity index (χ2n) is 8.53. The van der Waals surface area contributed by atoms with Crippen molar-refractivity contribution in [3.63, 3.8) is 0 Å². The Morgan fingerprint density at radius 1 is 1.11 bits per heavy atom. The van der Waals surface area contributed by atoms with Crippen molar-refractivity contribution in [1.29, 1.82) is 0 Å². The Kier molecular flexibility index (Phi) is 6.97. The van der Waals surface area contributed by atoms with Gasteiger partial charge in [-0.3, -0.25) is 9.59 Å². The van der Waals surface area contributed by atoms with Crippen LogP contribution < -0.4 is 10.1 Å². The van der Waals surface area contributed by atoms with Crippen molar-refractivity contribution < 1.29 is 14.3 Å². The fourth-order valence-electron chi connectivity index (χ4n) is 4.61. The molecule has 1 aliphatic carbocycles. The minimum absolute atomic E-state index is 0.0447. The van der Waals surface area contributed by atoms with Gasteiger partial charge in [-0.05, 0) is 61.8 Å². The van der Waals surface area contributed by atoms with E-state index in [0.717, 1.165) is 31.2 Å². The van der Waals surface area contributed by atoms with Gasteiger partial charge in [0.2, 0.25) is 5.91 Å². The smallest absolute Gasteiger partial charge is 0.251 e. The molecule has 5 nitrogen and oxygen atoms in total. The van der Waals surface area contributed by atoms with Crippen molar-refractivity contribution >= 4 is 11.8 Å². The molecule has 3 atom stereocenters. The third kappa shape index (κ3) is 4.86. The molecular weight excluding hydrogens is 352 g/mol. The van der Waals surface area contributed by atoms with Gasteiger partial charge in [0.1, 0.15) is 11.8 Å². The Balaban J connectivity index is 1.63. The Hall–Kier alpha value is -2.04. The highest BCUT2D eigenvalue weighted by Gasteiger charge is 2.36. The van der Waals surface area contributed by atoms with E-state index in [9.17, 15) is 9.59 Å². The second-order valence-corrected chi connectivity index (χ2v) is 8.53. The fraction of sp³-hybridized carbons (Fsp3) is 0.652. The molecule has 3 rings (SSSR count). The monoisotopic (exact) mass is 386 g/mol. The number of piperidine rings is 1. The largest absolute Gasteiger partial charge is 0.494 e. The van der Waals surface area contributed by atoms with Crippen molar-refractivity contribution in [2.45, 2.75) is 58.9 Å². The Bertz CT molecular complexity index is 671. The summed E-state index contributed by atoms with van der Waals surface area (Å²) < 4.78 is 5.43. The van der Waals surface area contributed by atoms with Crippen molar-refractivity contribution in [2.75, 3.05) is 19.7 Å². The average Bonchev–Trinajstić information content (AvgIpc) is 2.71. The molecular formula is C23H34N2O3. The number of hydrogen-bond acceptors (Lipinski definition) is 3. The van der Waals surface area contributed by atoms with Gasteiger partial charge >= 0.3 is 0 Å². The van der Waals surface area contributed by atoms with E-state index in [4.69, 9.17) is 4.74 Å². The van der Waals surface area contributed by atoms with Crippen LogP contribution in [-0.4, -0.2) is 42.5 Å². The first-order valence-electron chi connectivity index (χ1n) is 10.8. The summed E-state index contributed by atoms with van der Waals surface area (Å²) in [6.45, 7) is 8.18. The number of amides is 2. The normalized spacial score (nSPS) is 23.1. The van der Waals surface area contributed by atoms with Gasteiger partial charge in [0, 0.05) is 18.7 Å². The molecule has 28 heavy (non-hydrogen) atoms. The molecule has 1 saturated heterocycles. The van der Waals surface area contributed by atoms with E-state index < -0.39 is 6.04 Å². The zero-order valence-electron chi connectivity index (χ0n) is 17.4. The van der Waals surface area contributed by atoms with Gasteiger partial charge < -0.3 is 15.0 Å². The van der Waals surface area contributed by atoms with Gasteiger partial charge in [-0.15, -0.1) is 0 Å². The average molecular weight is 387 g/mol. The highest BCUT2D eigenvalue weighted by molar-refractivity contribution is 5.97. The predicted octanol–water partition coefficient (Wildman–Crippen LogP) is 3.88. The number of carbonyl (C=O) groups excluding carboxylic acids is 2. The van der Waals surface area contributed by atoms with Crippen LogP contribution >= 0.6 is 0 Å². The van der Waals surface area contributed by atoms with Crippen molar-refractivity contribution in [1.82, 2.24) is 10.2 Å².